The lowest BCUT2D eigenvalue weighted by atomic mass is 10.2. The number of carbonyl (C=O) groups excluding carboxylic acids is 1. The molecule has 19 heavy (non-hydrogen) atoms. The zero-order valence-electron chi connectivity index (χ0n) is 9.82. The molecule has 10 heteroatoms. The predicted octanol–water partition coefficient (Wildman–Crippen LogP) is 0.00460. The number of hydrogen-bond acceptors (Lipinski definition) is 6. The fourth-order valence-electron chi connectivity index (χ4n) is 1.37. The summed E-state index contributed by atoms with van der Waals surface area (Å²) in [7, 11) is -3.71. The molecule has 1 atom stereocenters. The topological polar surface area (TPSA) is 131 Å². The molecule has 0 saturated carbocycles. The van der Waals surface area contributed by atoms with Crippen molar-refractivity contribution in [3.8, 4) is 0 Å². The average molecular weight is 301 g/mol. The van der Waals surface area contributed by atoms with E-state index in [4.69, 9.17) is 5.14 Å². The first-order valence-electron chi connectivity index (χ1n) is 5.17. The molecular formula is C9H11N5O3S2. The third-order valence-corrected chi connectivity index (χ3v) is 5.01. The minimum Gasteiger partial charge on any atom is -0.343 e. The molecule has 1 amide bonds. The highest BCUT2D eigenvalue weighted by Crippen LogP contribution is 2.25. The van der Waals surface area contributed by atoms with Gasteiger partial charge in [0.1, 0.15) is 4.21 Å². The highest BCUT2D eigenvalue weighted by molar-refractivity contribution is 7.91. The lowest BCUT2D eigenvalue weighted by Gasteiger charge is -2.10. The number of aromatic amines is 1. The molecule has 102 valence electrons. The van der Waals surface area contributed by atoms with Crippen LogP contribution in [-0.4, -0.2) is 29.7 Å². The predicted molar refractivity (Wildman–Crippen MR) is 68.0 cm³/mol. The third kappa shape index (κ3) is 3.16. The maximum atomic E-state index is 11.7. The van der Waals surface area contributed by atoms with Crippen LogP contribution in [0.4, 0.5) is 0 Å². The van der Waals surface area contributed by atoms with E-state index in [9.17, 15) is 13.2 Å². The summed E-state index contributed by atoms with van der Waals surface area (Å²) < 4.78 is 22.4. The van der Waals surface area contributed by atoms with Crippen LogP contribution >= 0.6 is 11.3 Å². The number of rotatable bonds is 4. The smallest absolute Gasteiger partial charge is 0.273 e. The van der Waals surface area contributed by atoms with E-state index < -0.39 is 15.9 Å². The Morgan fingerprint density at radius 2 is 2.26 bits per heavy atom. The van der Waals surface area contributed by atoms with Gasteiger partial charge in [-0.25, -0.2) is 13.6 Å². The van der Waals surface area contributed by atoms with E-state index in [0.717, 1.165) is 11.3 Å². The number of aromatic nitrogens is 3. The number of carbonyl (C=O) groups is 1. The Morgan fingerprint density at radius 1 is 1.53 bits per heavy atom. The van der Waals surface area contributed by atoms with Crippen molar-refractivity contribution in [3.05, 3.63) is 28.9 Å². The number of nitrogens with zero attached hydrogens (tertiary/aromatic N) is 2. The molecule has 2 heterocycles. The number of hydrogen-bond donors (Lipinski definition) is 3. The maximum Gasteiger partial charge on any atom is 0.273 e. The lowest BCUT2D eigenvalue weighted by Crippen LogP contribution is -2.26. The fraction of sp³-hybridized carbons (Fsp3) is 0.222. The van der Waals surface area contributed by atoms with Gasteiger partial charge in [-0.3, -0.25) is 4.79 Å². The van der Waals surface area contributed by atoms with E-state index in [1.807, 2.05) is 0 Å². The molecule has 2 aromatic heterocycles. The standard InChI is InChI=1S/C9H11N5O3S2/c1-5(12-9(15)6-4-11-14-13-6)7-2-3-8(18-7)19(10,16)17/h2-5H,1H3,(H,12,15)(H2,10,16,17)(H,11,13,14). The fourth-order valence-corrected chi connectivity index (χ4v) is 3.12. The first kappa shape index (κ1) is 13.6. The van der Waals surface area contributed by atoms with Crippen molar-refractivity contribution in [2.75, 3.05) is 0 Å². The molecule has 4 N–H and O–H groups in total. The zero-order chi connectivity index (χ0) is 14.0. The largest absolute Gasteiger partial charge is 0.343 e. The van der Waals surface area contributed by atoms with E-state index in [1.54, 1.807) is 13.0 Å². The van der Waals surface area contributed by atoms with Gasteiger partial charge in [-0.2, -0.15) is 15.4 Å². The van der Waals surface area contributed by atoms with Crippen LogP contribution in [0.15, 0.2) is 22.5 Å². The molecule has 0 radical (unpaired) electrons. The van der Waals surface area contributed by atoms with Gasteiger partial charge in [-0.15, -0.1) is 11.3 Å². The van der Waals surface area contributed by atoms with Crippen LogP contribution < -0.4 is 10.5 Å². The Labute approximate surface area is 113 Å². The number of primary sulfonamides is 1. The van der Waals surface area contributed by atoms with Gasteiger partial charge in [0.25, 0.3) is 5.91 Å². The van der Waals surface area contributed by atoms with E-state index in [0.29, 0.717) is 4.88 Å². The van der Waals surface area contributed by atoms with Crippen LogP contribution in [-0.2, 0) is 10.0 Å². The van der Waals surface area contributed by atoms with Gasteiger partial charge in [-0.1, -0.05) is 0 Å². The molecule has 8 nitrogen and oxygen atoms in total. The second-order valence-electron chi connectivity index (χ2n) is 3.75. The minimum absolute atomic E-state index is 0.0602. The SMILES string of the molecule is CC(NC(=O)c1cn[nH]n1)c1ccc(S(N)(=O)=O)s1. The molecule has 2 rings (SSSR count). The number of nitrogens with one attached hydrogen (secondary N) is 2. The first-order chi connectivity index (χ1) is 8.88. The van der Waals surface area contributed by atoms with Crippen LogP contribution in [0.25, 0.3) is 0 Å². The molecule has 0 fully saturated rings. The molecule has 0 bridgehead atoms. The van der Waals surface area contributed by atoms with Crippen molar-refractivity contribution < 1.29 is 13.2 Å². The van der Waals surface area contributed by atoms with Crippen molar-refractivity contribution in [1.29, 1.82) is 0 Å². The summed E-state index contributed by atoms with van der Waals surface area (Å²) in [5, 5.41) is 17.2. The minimum atomic E-state index is -3.71. The van der Waals surface area contributed by atoms with E-state index in [1.165, 1.54) is 12.3 Å². The van der Waals surface area contributed by atoms with Gasteiger partial charge in [0.2, 0.25) is 10.0 Å². The van der Waals surface area contributed by atoms with Gasteiger partial charge in [0.05, 0.1) is 12.2 Å². The molecule has 0 aliphatic heterocycles. The van der Waals surface area contributed by atoms with Crippen molar-refractivity contribution >= 4 is 27.3 Å². The number of amides is 1. The van der Waals surface area contributed by atoms with Gasteiger partial charge in [0.15, 0.2) is 5.69 Å². The number of sulfonamides is 1. The van der Waals surface area contributed by atoms with E-state index in [-0.39, 0.29) is 15.9 Å². The molecule has 0 aromatic carbocycles. The second kappa shape index (κ2) is 5.07. The number of thiophene rings is 1. The first-order valence-corrected chi connectivity index (χ1v) is 7.53. The summed E-state index contributed by atoms with van der Waals surface area (Å²) in [5.41, 5.74) is 0.162. The molecule has 0 spiro atoms. The molecule has 2 aromatic rings. The Kier molecular flexibility index (Phi) is 3.64. The zero-order valence-corrected chi connectivity index (χ0v) is 11.5. The Bertz CT molecular complexity index is 677. The summed E-state index contributed by atoms with van der Waals surface area (Å²) in [6.07, 6.45) is 1.30. The van der Waals surface area contributed by atoms with Crippen LogP contribution in [0.5, 0.6) is 0 Å². The van der Waals surface area contributed by atoms with Crippen LogP contribution in [0.3, 0.4) is 0 Å². The van der Waals surface area contributed by atoms with E-state index in [2.05, 4.69) is 20.7 Å². The van der Waals surface area contributed by atoms with Crippen LogP contribution in [0.2, 0.25) is 0 Å². The maximum absolute atomic E-state index is 11.7. The Balaban J connectivity index is 2.10. The third-order valence-electron chi connectivity index (χ3n) is 2.30. The van der Waals surface area contributed by atoms with Crippen molar-refractivity contribution in [1.82, 2.24) is 20.7 Å². The normalized spacial score (nSPS) is 13.2. The summed E-state index contributed by atoms with van der Waals surface area (Å²) in [4.78, 5) is 12.4. The van der Waals surface area contributed by atoms with Gasteiger partial charge in [-0.05, 0) is 19.1 Å². The Morgan fingerprint density at radius 3 is 2.79 bits per heavy atom. The summed E-state index contributed by atoms with van der Waals surface area (Å²) in [6.45, 7) is 1.73. The van der Waals surface area contributed by atoms with Crippen LogP contribution in [0, 0.1) is 0 Å². The summed E-state index contributed by atoms with van der Waals surface area (Å²) >= 11 is 1.02. The second-order valence-corrected chi connectivity index (χ2v) is 6.66. The summed E-state index contributed by atoms with van der Waals surface area (Å²) in [5.74, 6) is -0.396. The Hall–Kier alpha value is -1.78. The molecule has 1 unspecified atom stereocenters. The lowest BCUT2D eigenvalue weighted by molar-refractivity contribution is 0.0935. The average Bonchev–Trinajstić information content (AvgIpc) is 3.00. The number of nitrogens with two attached hydrogens (primary N) is 1. The summed E-state index contributed by atoms with van der Waals surface area (Å²) in [6, 6.07) is 2.66. The van der Waals surface area contributed by atoms with Gasteiger partial charge in [0, 0.05) is 4.88 Å². The highest BCUT2D eigenvalue weighted by Gasteiger charge is 2.17. The van der Waals surface area contributed by atoms with Gasteiger partial charge < -0.3 is 5.32 Å². The quantitative estimate of drug-likeness (QED) is 0.731. The molecule has 0 saturated heterocycles. The van der Waals surface area contributed by atoms with Gasteiger partial charge >= 0.3 is 0 Å². The van der Waals surface area contributed by atoms with Crippen molar-refractivity contribution in [2.45, 2.75) is 17.2 Å². The van der Waals surface area contributed by atoms with Crippen LogP contribution in [0.1, 0.15) is 28.3 Å². The monoisotopic (exact) mass is 301 g/mol. The molecule has 0 aliphatic carbocycles. The molecular weight excluding hydrogens is 290 g/mol. The van der Waals surface area contributed by atoms with Crippen molar-refractivity contribution in [2.24, 2.45) is 5.14 Å². The van der Waals surface area contributed by atoms with E-state index >= 15 is 0 Å². The van der Waals surface area contributed by atoms with Crippen molar-refractivity contribution in [3.63, 3.8) is 0 Å². The number of H-pyrrole nitrogens is 1. The molecule has 0 aliphatic rings. The highest BCUT2D eigenvalue weighted by atomic mass is 32.2.